The third-order valence-corrected chi connectivity index (χ3v) is 4.43. The van der Waals surface area contributed by atoms with Crippen LogP contribution in [0.15, 0.2) is 47.4 Å². The number of ether oxygens (including phenoxy) is 2. The molecule has 3 rings (SSSR count). The van der Waals surface area contributed by atoms with E-state index in [0.717, 1.165) is 16.1 Å². The predicted molar refractivity (Wildman–Crippen MR) is 98.3 cm³/mol. The molecule has 1 aliphatic heterocycles. The molecule has 0 saturated heterocycles. The maximum atomic E-state index is 12.0. The van der Waals surface area contributed by atoms with Gasteiger partial charge in [-0.15, -0.1) is 11.8 Å². The van der Waals surface area contributed by atoms with Gasteiger partial charge in [-0.3, -0.25) is 4.79 Å². The zero-order chi connectivity index (χ0) is 16.9. The summed E-state index contributed by atoms with van der Waals surface area (Å²) in [5, 5.41) is 3.29. The van der Waals surface area contributed by atoms with Gasteiger partial charge >= 0.3 is 0 Å². The third-order valence-electron chi connectivity index (χ3n) is 3.40. The van der Waals surface area contributed by atoms with Gasteiger partial charge < -0.3 is 14.8 Å². The van der Waals surface area contributed by atoms with Crippen molar-refractivity contribution in [3.05, 3.63) is 53.1 Å². The summed E-state index contributed by atoms with van der Waals surface area (Å²) >= 11 is 7.83. The predicted octanol–water partition coefficient (Wildman–Crippen LogP) is 4.49. The van der Waals surface area contributed by atoms with Gasteiger partial charge in [-0.1, -0.05) is 11.6 Å². The van der Waals surface area contributed by atoms with Crippen LogP contribution in [0.1, 0.15) is 5.56 Å². The lowest BCUT2D eigenvalue weighted by Gasteiger charge is -2.19. The summed E-state index contributed by atoms with van der Waals surface area (Å²) in [5.41, 5.74) is 1.53. The van der Waals surface area contributed by atoms with Crippen molar-refractivity contribution in [2.24, 2.45) is 0 Å². The largest absolute Gasteiger partial charge is 0.486 e. The average Bonchev–Trinajstić information content (AvgIpc) is 2.61. The van der Waals surface area contributed by atoms with Crippen molar-refractivity contribution in [3.8, 4) is 11.5 Å². The number of carbonyl (C=O) groups excluding carboxylic acids is 1. The molecule has 0 spiro atoms. The first-order chi connectivity index (χ1) is 11.7. The minimum atomic E-state index is -0.210. The highest BCUT2D eigenvalue weighted by Crippen LogP contribution is 2.38. The fourth-order valence-electron chi connectivity index (χ4n) is 2.26. The van der Waals surface area contributed by atoms with Crippen molar-refractivity contribution >= 4 is 41.0 Å². The van der Waals surface area contributed by atoms with Crippen LogP contribution in [-0.4, -0.2) is 25.4 Å². The number of rotatable bonds is 4. The topological polar surface area (TPSA) is 47.6 Å². The van der Waals surface area contributed by atoms with Crippen molar-refractivity contribution in [1.82, 2.24) is 0 Å². The second-order valence-electron chi connectivity index (χ2n) is 5.08. The molecule has 0 aromatic heterocycles. The molecule has 1 aliphatic rings. The second kappa shape index (κ2) is 7.64. The summed E-state index contributed by atoms with van der Waals surface area (Å²) in [6.45, 7) is 0.975. The van der Waals surface area contributed by atoms with E-state index in [4.69, 9.17) is 21.1 Å². The fourth-order valence-corrected chi connectivity index (χ4v) is 2.94. The van der Waals surface area contributed by atoms with E-state index >= 15 is 0 Å². The molecule has 1 amide bonds. The Bertz CT molecular complexity index is 775. The molecule has 4 nitrogen and oxygen atoms in total. The number of hydrogen-bond donors (Lipinski definition) is 1. The molecule has 6 heteroatoms. The molecule has 1 N–H and O–H groups in total. The van der Waals surface area contributed by atoms with Crippen molar-refractivity contribution in [1.29, 1.82) is 0 Å². The highest BCUT2D eigenvalue weighted by atomic mass is 35.5. The van der Waals surface area contributed by atoms with Gasteiger partial charge in [-0.2, -0.15) is 0 Å². The molecule has 0 unspecified atom stereocenters. The van der Waals surface area contributed by atoms with E-state index in [1.807, 2.05) is 30.5 Å². The van der Waals surface area contributed by atoms with Gasteiger partial charge in [0.05, 0.1) is 5.02 Å². The first kappa shape index (κ1) is 16.7. The Kier molecular flexibility index (Phi) is 5.33. The molecule has 1 heterocycles. The average molecular weight is 362 g/mol. The van der Waals surface area contributed by atoms with Crippen LogP contribution in [0.5, 0.6) is 11.5 Å². The van der Waals surface area contributed by atoms with Crippen LogP contribution in [0.2, 0.25) is 5.02 Å². The van der Waals surface area contributed by atoms with Gasteiger partial charge in [0.25, 0.3) is 0 Å². The minimum absolute atomic E-state index is 0.210. The Balaban J connectivity index is 1.68. The van der Waals surface area contributed by atoms with Crippen LogP contribution < -0.4 is 14.8 Å². The number of amides is 1. The van der Waals surface area contributed by atoms with Gasteiger partial charge in [0.15, 0.2) is 11.5 Å². The number of thioether (sulfide) groups is 1. The maximum Gasteiger partial charge on any atom is 0.248 e. The van der Waals surface area contributed by atoms with Crippen LogP contribution in [0, 0.1) is 0 Å². The lowest BCUT2D eigenvalue weighted by Crippen LogP contribution is -2.15. The Hall–Kier alpha value is -2.11. The van der Waals surface area contributed by atoms with E-state index in [1.54, 1.807) is 30.0 Å². The van der Waals surface area contributed by atoms with E-state index in [2.05, 4.69) is 5.32 Å². The summed E-state index contributed by atoms with van der Waals surface area (Å²) in [4.78, 5) is 13.2. The molecule has 0 atom stereocenters. The molecular formula is C18H16ClNO3S. The fraction of sp³-hybridized carbons (Fsp3) is 0.167. The standard InChI is InChI=1S/C18H16ClNO3S/c1-24-14-5-3-13(4-6-14)20-17(21)7-2-12-10-15(19)18-16(11-12)22-8-9-23-18/h2-7,10-11H,8-9H2,1H3,(H,20,21)/b7-2+. The lowest BCUT2D eigenvalue weighted by molar-refractivity contribution is -0.111. The van der Waals surface area contributed by atoms with Crippen molar-refractivity contribution in [2.75, 3.05) is 24.8 Å². The van der Waals surface area contributed by atoms with Crippen LogP contribution in [0.3, 0.4) is 0 Å². The second-order valence-corrected chi connectivity index (χ2v) is 6.36. The summed E-state index contributed by atoms with van der Waals surface area (Å²) in [5.74, 6) is 0.942. The molecule has 2 aromatic carbocycles. The Morgan fingerprint density at radius 2 is 1.96 bits per heavy atom. The smallest absolute Gasteiger partial charge is 0.248 e. The number of carbonyl (C=O) groups is 1. The van der Waals surface area contributed by atoms with Crippen molar-refractivity contribution < 1.29 is 14.3 Å². The number of fused-ring (bicyclic) bond motifs is 1. The van der Waals surface area contributed by atoms with Crippen LogP contribution in [0.4, 0.5) is 5.69 Å². The van der Waals surface area contributed by atoms with E-state index in [-0.39, 0.29) is 5.91 Å². The highest BCUT2D eigenvalue weighted by molar-refractivity contribution is 7.98. The summed E-state index contributed by atoms with van der Waals surface area (Å²) in [6, 6.07) is 11.2. The zero-order valence-electron chi connectivity index (χ0n) is 13.0. The summed E-state index contributed by atoms with van der Waals surface area (Å²) < 4.78 is 11.0. The molecule has 0 fully saturated rings. The minimum Gasteiger partial charge on any atom is -0.486 e. The third kappa shape index (κ3) is 4.04. The molecule has 0 saturated carbocycles. The van der Waals surface area contributed by atoms with E-state index < -0.39 is 0 Å². The van der Waals surface area contributed by atoms with E-state index in [0.29, 0.717) is 29.7 Å². The normalized spacial score (nSPS) is 13.1. The SMILES string of the molecule is CSc1ccc(NC(=O)/C=C/c2cc(Cl)c3c(c2)OCCO3)cc1. The molecular weight excluding hydrogens is 346 g/mol. The highest BCUT2D eigenvalue weighted by Gasteiger charge is 2.15. The molecule has 2 aromatic rings. The van der Waals surface area contributed by atoms with Crippen molar-refractivity contribution in [3.63, 3.8) is 0 Å². The maximum absolute atomic E-state index is 12.0. The molecule has 0 aliphatic carbocycles. The van der Waals surface area contributed by atoms with E-state index in [1.165, 1.54) is 6.08 Å². The first-order valence-electron chi connectivity index (χ1n) is 7.38. The molecule has 0 bridgehead atoms. The van der Waals surface area contributed by atoms with E-state index in [9.17, 15) is 4.79 Å². The first-order valence-corrected chi connectivity index (χ1v) is 8.98. The van der Waals surface area contributed by atoms with Gasteiger partial charge in [-0.05, 0) is 54.3 Å². The Morgan fingerprint density at radius 3 is 2.71 bits per heavy atom. The number of halogens is 1. The Labute approximate surface area is 149 Å². The van der Waals surface area contributed by atoms with Crippen LogP contribution >= 0.6 is 23.4 Å². The van der Waals surface area contributed by atoms with Crippen LogP contribution in [0.25, 0.3) is 6.08 Å². The van der Waals surface area contributed by atoms with Gasteiger partial charge in [0.2, 0.25) is 5.91 Å². The Morgan fingerprint density at radius 1 is 1.21 bits per heavy atom. The quantitative estimate of drug-likeness (QED) is 0.644. The number of nitrogens with one attached hydrogen (secondary N) is 1. The monoisotopic (exact) mass is 361 g/mol. The van der Waals surface area contributed by atoms with Gasteiger partial charge in [-0.25, -0.2) is 0 Å². The lowest BCUT2D eigenvalue weighted by atomic mass is 10.1. The summed E-state index contributed by atoms with van der Waals surface area (Å²) in [7, 11) is 0. The number of hydrogen-bond acceptors (Lipinski definition) is 4. The van der Waals surface area contributed by atoms with Crippen molar-refractivity contribution in [2.45, 2.75) is 4.90 Å². The molecule has 24 heavy (non-hydrogen) atoms. The van der Waals surface area contributed by atoms with Gasteiger partial charge in [0.1, 0.15) is 13.2 Å². The molecule has 0 radical (unpaired) electrons. The number of anilines is 1. The van der Waals surface area contributed by atoms with Crippen LogP contribution in [-0.2, 0) is 4.79 Å². The zero-order valence-corrected chi connectivity index (χ0v) is 14.6. The number of benzene rings is 2. The molecule has 124 valence electrons. The van der Waals surface area contributed by atoms with Gasteiger partial charge in [0, 0.05) is 16.7 Å². The summed E-state index contributed by atoms with van der Waals surface area (Å²) in [6.07, 6.45) is 5.16.